The van der Waals surface area contributed by atoms with Gasteiger partial charge in [-0.15, -0.1) is 0 Å². The lowest BCUT2D eigenvalue weighted by Gasteiger charge is -2.34. The Bertz CT molecular complexity index is 594. The summed E-state index contributed by atoms with van der Waals surface area (Å²) >= 11 is 0. The first kappa shape index (κ1) is 33.1. The Hall–Kier alpha value is -1.58. The molecular formula is C26H42Cl2N2. The van der Waals surface area contributed by atoms with E-state index < -0.39 is 0 Å². The largest absolute Gasteiger partial charge is 1.00 e. The van der Waals surface area contributed by atoms with Crippen molar-refractivity contribution in [3.63, 3.8) is 0 Å². The average Bonchev–Trinajstić information content (AvgIpc) is 2.74. The number of rotatable bonds is 7. The maximum absolute atomic E-state index is 3.63. The van der Waals surface area contributed by atoms with E-state index in [1.54, 1.807) is 0 Å². The highest BCUT2D eigenvalue weighted by Gasteiger charge is 2.19. The Morgan fingerprint density at radius 2 is 0.867 bits per heavy atom. The highest BCUT2D eigenvalue weighted by atomic mass is 35.5. The van der Waals surface area contributed by atoms with Gasteiger partial charge < -0.3 is 33.8 Å². The van der Waals surface area contributed by atoms with Crippen LogP contribution in [0.3, 0.4) is 0 Å². The van der Waals surface area contributed by atoms with Crippen LogP contribution >= 0.6 is 0 Å². The third kappa shape index (κ3) is 17.3. The fourth-order valence-corrected chi connectivity index (χ4v) is 2.04. The van der Waals surface area contributed by atoms with E-state index in [9.17, 15) is 0 Å². The summed E-state index contributed by atoms with van der Waals surface area (Å²) in [6.45, 7) is 16.8. The first-order valence-electron chi connectivity index (χ1n) is 10.2. The molecule has 0 fully saturated rings. The Morgan fingerprint density at radius 1 is 0.600 bits per heavy atom. The van der Waals surface area contributed by atoms with E-state index in [-0.39, 0.29) is 24.8 Å². The van der Waals surface area contributed by atoms with E-state index in [2.05, 4.69) is 55.2 Å². The van der Waals surface area contributed by atoms with Crippen LogP contribution in [0, 0.1) is 0 Å². The fraction of sp³-hybridized carbons (Fsp3) is 0.385. The molecular weight excluding hydrogens is 411 g/mol. The Kier molecular flexibility index (Phi) is 20.1. The number of hydrogen-bond acceptors (Lipinski definition) is 0. The summed E-state index contributed by atoms with van der Waals surface area (Å²) in [6, 6.07) is 20.1. The summed E-state index contributed by atoms with van der Waals surface area (Å²) in [5.74, 6) is 0. The van der Waals surface area contributed by atoms with Gasteiger partial charge >= 0.3 is 0 Å². The lowest BCUT2D eigenvalue weighted by Crippen LogP contribution is -3.00. The first-order valence-corrected chi connectivity index (χ1v) is 10.2. The minimum absolute atomic E-state index is 0. The minimum Gasteiger partial charge on any atom is -1.00 e. The van der Waals surface area contributed by atoms with Gasteiger partial charge in [-0.1, -0.05) is 86.0 Å². The molecule has 0 unspecified atom stereocenters. The van der Waals surface area contributed by atoms with Crippen molar-refractivity contribution in [1.82, 2.24) is 0 Å². The quantitative estimate of drug-likeness (QED) is 0.512. The van der Waals surface area contributed by atoms with Crippen molar-refractivity contribution in [1.29, 1.82) is 0 Å². The zero-order chi connectivity index (χ0) is 21.5. The van der Waals surface area contributed by atoms with Crippen molar-refractivity contribution in [3.8, 4) is 0 Å². The standard InChI is InChI=1S/C10H26N2.2C8H8.2ClH/c1-7-11(3,4)9-10-12(5,6)8-2;2*1-2-8-6-4-3-5-7-8;;/h7-10H2,1-6H3;2*2-7H,1H2;2*1H/q+2;;;;/p-2. The van der Waals surface area contributed by atoms with Crippen LogP contribution in [0.25, 0.3) is 12.2 Å². The van der Waals surface area contributed by atoms with Crippen LogP contribution < -0.4 is 24.8 Å². The Balaban J connectivity index is -0.000000361. The molecule has 0 N–H and O–H groups in total. The van der Waals surface area contributed by atoms with Crippen molar-refractivity contribution in [2.45, 2.75) is 13.8 Å². The normalized spacial score (nSPS) is 9.93. The summed E-state index contributed by atoms with van der Waals surface area (Å²) in [5.41, 5.74) is 2.35. The maximum Gasteiger partial charge on any atom is 0.128 e. The van der Waals surface area contributed by atoms with Crippen LogP contribution in [0.2, 0.25) is 0 Å². The van der Waals surface area contributed by atoms with E-state index in [0.29, 0.717) is 0 Å². The summed E-state index contributed by atoms with van der Waals surface area (Å²) in [5, 5.41) is 0. The molecule has 0 atom stereocenters. The van der Waals surface area contributed by atoms with Crippen LogP contribution in [0.4, 0.5) is 0 Å². The van der Waals surface area contributed by atoms with Gasteiger partial charge in [-0.2, -0.15) is 0 Å². The van der Waals surface area contributed by atoms with Crippen molar-refractivity contribution in [3.05, 3.63) is 84.9 Å². The minimum atomic E-state index is 0. The number of nitrogens with zero attached hydrogens (tertiary/aromatic N) is 2. The molecule has 4 heteroatoms. The van der Waals surface area contributed by atoms with Crippen LogP contribution in [0.1, 0.15) is 25.0 Å². The summed E-state index contributed by atoms with van der Waals surface area (Å²) in [6.07, 6.45) is 3.67. The van der Waals surface area contributed by atoms with Gasteiger partial charge in [0.2, 0.25) is 0 Å². The predicted molar refractivity (Wildman–Crippen MR) is 128 cm³/mol. The summed E-state index contributed by atoms with van der Waals surface area (Å²) < 4.78 is 2.28. The maximum atomic E-state index is 3.63. The lowest BCUT2D eigenvalue weighted by atomic mass is 10.2. The topological polar surface area (TPSA) is 0 Å². The highest BCUT2D eigenvalue weighted by molar-refractivity contribution is 5.46. The summed E-state index contributed by atoms with van der Waals surface area (Å²) in [7, 11) is 9.20. The third-order valence-electron chi connectivity index (χ3n) is 5.09. The van der Waals surface area contributed by atoms with Crippen LogP contribution in [0.5, 0.6) is 0 Å². The molecule has 0 aliphatic heterocycles. The van der Waals surface area contributed by atoms with Gasteiger partial charge in [0.05, 0.1) is 41.3 Å². The number of halogens is 2. The van der Waals surface area contributed by atoms with E-state index in [0.717, 1.165) is 8.97 Å². The Labute approximate surface area is 198 Å². The third-order valence-corrected chi connectivity index (χ3v) is 5.09. The van der Waals surface area contributed by atoms with E-state index >= 15 is 0 Å². The molecule has 0 spiro atoms. The van der Waals surface area contributed by atoms with Gasteiger partial charge in [0.1, 0.15) is 13.1 Å². The summed E-state index contributed by atoms with van der Waals surface area (Å²) in [4.78, 5) is 0. The molecule has 0 saturated heterocycles. The van der Waals surface area contributed by atoms with Gasteiger partial charge in [-0.3, -0.25) is 0 Å². The zero-order valence-electron chi connectivity index (χ0n) is 19.8. The lowest BCUT2D eigenvalue weighted by molar-refractivity contribution is -0.944. The smallest absolute Gasteiger partial charge is 0.128 e. The number of benzene rings is 2. The van der Waals surface area contributed by atoms with Crippen molar-refractivity contribution in [2.75, 3.05) is 54.4 Å². The van der Waals surface area contributed by atoms with Gasteiger partial charge in [-0.05, 0) is 25.0 Å². The molecule has 2 aromatic rings. The molecule has 2 nitrogen and oxygen atoms in total. The number of hydrogen-bond donors (Lipinski definition) is 0. The molecule has 0 aromatic heterocycles. The molecule has 0 aliphatic carbocycles. The second-order valence-electron chi connectivity index (χ2n) is 8.18. The molecule has 0 bridgehead atoms. The average molecular weight is 454 g/mol. The van der Waals surface area contributed by atoms with E-state index in [4.69, 9.17) is 0 Å². The molecule has 0 amide bonds. The molecule has 0 aliphatic rings. The van der Waals surface area contributed by atoms with Gasteiger partial charge in [-0.25, -0.2) is 0 Å². The predicted octanol–water partition coefficient (Wildman–Crippen LogP) is -0.154. The van der Waals surface area contributed by atoms with Gasteiger partial charge in [0.25, 0.3) is 0 Å². The molecule has 0 radical (unpaired) electrons. The molecule has 0 heterocycles. The molecule has 0 saturated carbocycles. The molecule has 170 valence electrons. The van der Waals surface area contributed by atoms with Crippen molar-refractivity contribution < 1.29 is 33.8 Å². The fourth-order valence-electron chi connectivity index (χ4n) is 2.04. The van der Waals surface area contributed by atoms with E-state index in [1.165, 1.54) is 37.3 Å². The molecule has 2 aromatic carbocycles. The van der Waals surface area contributed by atoms with Crippen molar-refractivity contribution >= 4 is 12.2 Å². The highest BCUT2D eigenvalue weighted by Crippen LogP contribution is 2.01. The first-order chi connectivity index (χ1) is 13.2. The van der Waals surface area contributed by atoms with Gasteiger partial charge in [0, 0.05) is 0 Å². The SMILES string of the molecule is C=Cc1ccccc1.C=Cc1ccccc1.CC[N+](C)(C)CC[N+](C)(C)CC.[Cl-].[Cl-]. The second kappa shape index (κ2) is 18.2. The zero-order valence-corrected chi connectivity index (χ0v) is 21.3. The monoisotopic (exact) mass is 452 g/mol. The number of quaternary nitrogens is 2. The molecule has 2 rings (SSSR count). The second-order valence-corrected chi connectivity index (χ2v) is 8.18. The van der Waals surface area contributed by atoms with E-state index in [1.807, 2.05) is 72.8 Å². The van der Waals surface area contributed by atoms with Gasteiger partial charge in [0.15, 0.2) is 0 Å². The van der Waals surface area contributed by atoms with Crippen molar-refractivity contribution in [2.24, 2.45) is 0 Å². The van der Waals surface area contributed by atoms with Crippen LogP contribution in [-0.2, 0) is 0 Å². The number of likely N-dealkylation sites (N-methyl/N-ethyl adjacent to an activating group) is 2. The van der Waals surface area contributed by atoms with Crippen LogP contribution in [-0.4, -0.2) is 63.3 Å². The Morgan fingerprint density at radius 3 is 1.03 bits per heavy atom. The van der Waals surface area contributed by atoms with Crippen LogP contribution in [0.15, 0.2) is 73.8 Å². The molecule has 30 heavy (non-hydrogen) atoms.